The van der Waals surface area contributed by atoms with Crippen molar-refractivity contribution in [1.82, 2.24) is 9.97 Å². The predicted octanol–water partition coefficient (Wildman–Crippen LogP) is 3.45. The number of aromatic amines is 1. The summed E-state index contributed by atoms with van der Waals surface area (Å²) >= 11 is 5.96. The van der Waals surface area contributed by atoms with E-state index < -0.39 is 28.2 Å². The van der Waals surface area contributed by atoms with Gasteiger partial charge in [0.1, 0.15) is 5.82 Å². The zero-order valence-electron chi connectivity index (χ0n) is 17.1. The summed E-state index contributed by atoms with van der Waals surface area (Å²) in [4.78, 5) is 55.4. The van der Waals surface area contributed by atoms with E-state index in [0.717, 1.165) is 0 Å². The number of nitro groups is 1. The molecule has 1 unspecified atom stereocenters. The van der Waals surface area contributed by atoms with Gasteiger partial charge in [-0.25, -0.2) is 0 Å². The summed E-state index contributed by atoms with van der Waals surface area (Å²) in [5.41, 5.74) is 0.539. The molecule has 3 aromatic rings. The van der Waals surface area contributed by atoms with Gasteiger partial charge in [0.05, 0.1) is 22.1 Å². The molecule has 1 aromatic heterocycles. The molecule has 11 nitrogen and oxygen atoms in total. The van der Waals surface area contributed by atoms with Crippen LogP contribution in [0.15, 0.2) is 47.3 Å². The average Bonchev–Trinajstić information content (AvgIpc) is 2.74. The minimum Gasteiger partial charge on any atom is -0.326 e. The van der Waals surface area contributed by atoms with Crippen molar-refractivity contribution in [3.63, 3.8) is 0 Å². The lowest BCUT2D eigenvalue weighted by Crippen LogP contribution is -2.36. The highest BCUT2D eigenvalue weighted by molar-refractivity contribution is 6.30. The van der Waals surface area contributed by atoms with Crippen molar-refractivity contribution in [2.24, 2.45) is 0 Å². The predicted molar refractivity (Wildman–Crippen MR) is 122 cm³/mol. The van der Waals surface area contributed by atoms with Crippen molar-refractivity contribution in [2.75, 3.05) is 16.0 Å². The van der Waals surface area contributed by atoms with Crippen LogP contribution in [0.2, 0.25) is 5.02 Å². The smallest absolute Gasteiger partial charge is 0.271 e. The van der Waals surface area contributed by atoms with Gasteiger partial charge in [-0.05, 0) is 30.7 Å². The first-order valence-electron chi connectivity index (χ1n) is 9.74. The van der Waals surface area contributed by atoms with E-state index in [2.05, 4.69) is 25.9 Å². The highest BCUT2D eigenvalue weighted by Gasteiger charge is 2.35. The minimum atomic E-state index is -1.14. The molecule has 0 saturated heterocycles. The van der Waals surface area contributed by atoms with Crippen molar-refractivity contribution in [1.29, 1.82) is 0 Å². The van der Waals surface area contributed by atoms with E-state index in [1.807, 2.05) is 0 Å². The molecule has 0 saturated carbocycles. The zero-order chi connectivity index (χ0) is 23.7. The first-order valence-corrected chi connectivity index (χ1v) is 10.1. The maximum atomic E-state index is 13.0. The molecule has 168 valence electrons. The van der Waals surface area contributed by atoms with E-state index in [0.29, 0.717) is 16.3 Å². The molecule has 0 radical (unpaired) electrons. The molecule has 0 spiro atoms. The second kappa shape index (κ2) is 8.71. The SMILES string of the molecule is Cc1ccc([N+](=O)[O-])cc1NC(=O)C1CC(=O)Nc2nc(Nc3cccc(Cl)c3)[nH]c(=O)c21. The second-order valence-electron chi connectivity index (χ2n) is 7.36. The van der Waals surface area contributed by atoms with Crippen LogP contribution < -0.4 is 21.5 Å². The van der Waals surface area contributed by atoms with Gasteiger partial charge in [-0.1, -0.05) is 23.7 Å². The van der Waals surface area contributed by atoms with Crippen LogP contribution in [0.4, 0.5) is 28.8 Å². The third kappa shape index (κ3) is 4.67. The molecule has 4 N–H and O–H groups in total. The van der Waals surface area contributed by atoms with Crippen molar-refractivity contribution in [3.8, 4) is 0 Å². The maximum absolute atomic E-state index is 13.0. The number of anilines is 4. The lowest BCUT2D eigenvalue weighted by molar-refractivity contribution is -0.384. The molecule has 4 rings (SSSR count). The molecule has 1 atom stereocenters. The zero-order valence-corrected chi connectivity index (χ0v) is 17.9. The molecule has 0 bridgehead atoms. The third-order valence-electron chi connectivity index (χ3n) is 5.04. The van der Waals surface area contributed by atoms with E-state index in [1.165, 1.54) is 18.2 Å². The quantitative estimate of drug-likeness (QED) is 0.329. The van der Waals surface area contributed by atoms with E-state index in [4.69, 9.17) is 11.6 Å². The number of hydrogen-bond donors (Lipinski definition) is 4. The molecular weight excluding hydrogens is 452 g/mol. The molecule has 33 heavy (non-hydrogen) atoms. The molecule has 0 fully saturated rings. The van der Waals surface area contributed by atoms with Crippen LogP contribution in [-0.2, 0) is 9.59 Å². The number of hydrogen-bond acceptors (Lipinski definition) is 7. The lowest BCUT2D eigenvalue weighted by Gasteiger charge is -2.24. The topological polar surface area (TPSA) is 159 Å². The molecule has 1 aliphatic rings. The second-order valence-corrected chi connectivity index (χ2v) is 7.80. The summed E-state index contributed by atoms with van der Waals surface area (Å²) < 4.78 is 0. The van der Waals surface area contributed by atoms with E-state index in [9.17, 15) is 24.5 Å². The third-order valence-corrected chi connectivity index (χ3v) is 5.28. The van der Waals surface area contributed by atoms with E-state index in [-0.39, 0.29) is 35.1 Å². The number of non-ortho nitro benzene ring substituents is 1. The fourth-order valence-corrected chi connectivity index (χ4v) is 3.63. The van der Waals surface area contributed by atoms with Gasteiger partial charge >= 0.3 is 0 Å². The first-order chi connectivity index (χ1) is 15.7. The number of fused-ring (bicyclic) bond motifs is 1. The standard InChI is InChI=1S/C21H17ClN6O5/c1-10-5-6-13(28(32)33)8-15(10)24-19(30)14-9-16(29)25-18-17(14)20(31)27-21(26-18)23-12-4-2-3-11(22)7-12/h2-8,14H,9H2,1H3,(H,24,30)(H3,23,25,26,27,29,31). The summed E-state index contributed by atoms with van der Waals surface area (Å²) in [6.07, 6.45) is -0.279. The number of aryl methyl sites for hydroxylation is 1. The molecule has 1 aliphatic heterocycles. The van der Waals surface area contributed by atoms with Gasteiger partial charge in [0.25, 0.3) is 11.2 Å². The highest BCUT2D eigenvalue weighted by Crippen LogP contribution is 2.31. The minimum absolute atomic E-state index is 0.00757. The van der Waals surface area contributed by atoms with Crippen LogP contribution in [0.25, 0.3) is 0 Å². The van der Waals surface area contributed by atoms with Gasteiger partial charge in [0, 0.05) is 29.3 Å². The number of carbonyl (C=O) groups excluding carboxylic acids is 2. The molecular formula is C21H17ClN6O5. The molecule has 2 heterocycles. The van der Waals surface area contributed by atoms with Crippen molar-refractivity contribution in [2.45, 2.75) is 19.3 Å². The summed E-state index contributed by atoms with van der Waals surface area (Å²) in [6, 6.07) is 10.8. The molecule has 2 aromatic carbocycles. The van der Waals surface area contributed by atoms with Crippen molar-refractivity contribution >= 4 is 52.2 Å². The Kier molecular flexibility index (Phi) is 5.80. The van der Waals surface area contributed by atoms with Crippen LogP contribution in [0.1, 0.15) is 23.5 Å². The highest BCUT2D eigenvalue weighted by atomic mass is 35.5. The monoisotopic (exact) mass is 468 g/mol. The number of rotatable bonds is 5. The van der Waals surface area contributed by atoms with Crippen molar-refractivity contribution in [3.05, 3.63) is 79.1 Å². The Bertz CT molecular complexity index is 1360. The van der Waals surface area contributed by atoms with E-state index >= 15 is 0 Å². The van der Waals surface area contributed by atoms with Crippen LogP contribution >= 0.6 is 11.6 Å². The van der Waals surface area contributed by atoms with Gasteiger partial charge in [0.2, 0.25) is 17.8 Å². The van der Waals surface area contributed by atoms with Crippen LogP contribution in [0, 0.1) is 17.0 Å². The van der Waals surface area contributed by atoms with Gasteiger partial charge in [-0.2, -0.15) is 4.98 Å². The number of carbonyl (C=O) groups is 2. The van der Waals surface area contributed by atoms with Crippen molar-refractivity contribution < 1.29 is 14.5 Å². The van der Waals surface area contributed by atoms with E-state index in [1.54, 1.807) is 31.2 Å². The number of nitrogens with one attached hydrogen (secondary N) is 4. The number of halogens is 1. The average molecular weight is 469 g/mol. The van der Waals surface area contributed by atoms with Crippen LogP contribution in [0.3, 0.4) is 0 Å². The number of nitro benzene ring substituents is 1. The summed E-state index contributed by atoms with van der Waals surface area (Å²) in [7, 11) is 0. The van der Waals surface area contributed by atoms with Gasteiger partial charge in [0.15, 0.2) is 0 Å². The normalized spacial score (nSPS) is 14.7. The lowest BCUT2D eigenvalue weighted by atomic mass is 9.92. The Morgan fingerprint density at radius 1 is 1.24 bits per heavy atom. The summed E-state index contributed by atoms with van der Waals surface area (Å²) in [6.45, 7) is 1.67. The number of nitrogens with zero attached hydrogens (tertiary/aromatic N) is 2. The van der Waals surface area contributed by atoms with Gasteiger partial charge in [-0.15, -0.1) is 0 Å². The Hall–Kier alpha value is -4.25. The Morgan fingerprint density at radius 2 is 2.03 bits per heavy atom. The maximum Gasteiger partial charge on any atom is 0.271 e. The number of benzene rings is 2. The number of aromatic nitrogens is 2. The first kappa shape index (κ1) is 22.0. The molecule has 2 amide bonds. The van der Waals surface area contributed by atoms with Gasteiger partial charge in [-0.3, -0.25) is 29.5 Å². The summed E-state index contributed by atoms with van der Waals surface area (Å²) in [5, 5.41) is 19.5. The summed E-state index contributed by atoms with van der Waals surface area (Å²) in [5.74, 6) is -2.28. The largest absolute Gasteiger partial charge is 0.326 e. The van der Waals surface area contributed by atoms with Crippen LogP contribution in [-0.4, -0.2) is 26.7 Å². The van der Waals surface area contributed by atoms with Gasteiger partial charge < -0.3 is 16.0 Å². The Balaban J connectivity index is 1.65. The number of amides is 2. The molecule has 0 aliphatic carbocycles. The fourth-order valence-electron chi connectivity index (χ4n) is 3.44. The Labute approximate surface area is 191 Å². The van der Waals surface area contributed by atoms with Crippen LogP contribution in [0.5, 0.6) is 0 Å². The Morgan fingerprint density at radius 3 is 2.76 bits per heavy atom. The molecule has 12 heteroatoms. The fraction of sp³-hybridized carbons (Fsp3) is 0.143. The number of H-pyrrole nitrogens is 1.